The zero-order chi connectivity index (χ0) is 15.2. The summed E-state index contributed by atoms with van der Waals surface area (Å²) < 4.78 is 10.7. The fraction of sp³-hybridized carbons (Fsp3) is 0.312. The first-order valence-electron chi connectivity index (χ1n) is 6.77. The molecule has 2 aromatic rings. The van der Waals surface area contributed by atoms with E-state index in [1.54, 1.807) is 20.4 Å². The lowest BCUT2D eigenvalue weighted by Gasteiger charge is -2.21. The molecule has 1 heterocycles. The Labute approximate surface area is 130 Å². The van der Waals surface area contributed by atoms with E-state index < -0.39 is 0 Å². The summed E-state index contributed by atoms with van der Waals surface area (Å²) in [5.74, 6) is 1.49. The van der Waals surface area contributed by atoms with E-state index in [9.17, 15) is 0 Å². The molecule has 1 atom stereocenters. The largest absolute Gasteiger partial charge is 0.497 e. The molecule has 0 bridgehead atoms. The highest BCUT2D eigenvalue weighted by molar-refractivity contribution is 6.31. The predicted octanol–water partition coefficient (Wildman–Crippen LogP) is 3.45. The SMILES string of the molecule is CCNC(c1ccc(OC)cc1OC)c1ncccc1Cl. The number of hydrogen-bond donors (Lipinski definition) is 1. The normalized spacial score (nSPS) is 12.0. The molecule has 0 saturated heterocycles. The van der Waals surface area contributed by atoms with Gasteiger partial charge in [0.05, 0.1) is 31.0 Å². The van der Waals surface area contributed by atoms with Crippen LogP contribution in [-0.2, 0) is 0 Å². The third-order valence-corrected chi connectivity index (χ3v) is 3.54. The van der Waals surface area contributed by atoms with Crippen molar-refractivity contribution >= 4 is 11.6 Å². The van der Waals surface area contributed by atoms with Gasteiger partial charge in [-0.05, 0) is 30.8 Å². The van der Waals surface area contributed by atoms with Crippen molar-refractivity contribution in [2.75, 3.05) is 20.8 Å². The van der Waals surface area contributed by atoms with E-state index in [2.05, 4.69) is 10.3 Å². The molecule has 0 radical (unpaired) electrons. The molecule has 1 unspecified atom stereocenters. The molecule has 112 valence electrons. The fourth-order valence-corrected chi connectivity index (χ4v) is 2.46. The van der Waals surface area contributed by atoms with Gasteiger partial charge in [-0.25, -0.2) is 0 Å². The van der Waals surface area contributed by atoms with E-state index in [0.717, 1.165) is 29.3 Å². The van der Waals surface area contributed by atoms with Crippen LogP contribution < -0.4 is 14.8 Å². The van der Waals surface area contributed by atoms with Gasteiger partial charge in [0.1, 0.15) is 11.5 Å². The summed E-state index contributed by atoms with van der Waals surface area (Å²) in [6, 6.07) is 9.25. The van der Waals surface area contributed by atoms with E-state index in [-0.39, 0.29) is 6.04 Å². The molecular formula is C16H19ClN2O2. The Morgan fingerprint density at radius 2 is 2.05 bits per heavy atom. The molecule has 0 amide bonds. The third-order valence-electron chi connectivity index (χ3n) is 3.22. The molecule has 4 nitrogen and oxygen atoms in total. The van der Waals surface area contributed by atoms with Gasteiger partial charge in [0.2, 0.25) is 0 Å². The van der Waals surface area contributed by atoms with Crippen molar-refractivity contribution < 1.29 is 9.47 Å². The van der Waals surface area contributed by atoms with Crippen LogP contribution >= 0.6 is 11.6 Å². The topological polar surface area (TPSA) is 43.4 Å². The first-order chi connectivity index (χ1) is 10.2. The fourth-order valence-electron chi connectivity index (χ4n) is 2.23. The number of halogens is 1. The van der Waals surface area contributed by atoms with Crippen molar-refractivity contribution in [3.8, 4) is 11.5 Å². The van der Waals surface area contributed by atoms with E-state index in [0.29, 0.717) is 5.02 Å². The summed E-state index contributed by atoms with van der Waals surface area (Å²) in [6.07, 6.45) is 1.74. The van der Waals surface area contributed by atoms with Crippen molar-refractivity contribution in [1.82, 2.24) is 10.3 Å². The Balaban J connectivity index is 2.50. The smallest absolute Gasteiger partial charge is 0.127 e. The lowest BCUT2D eigenvalue weighted by atomic mass is 10.0. The van der Waals surface area contributed by atoms with Crippen molar-refractivity contribution in [2.45, 2.75) is 13.0 Å². The maximum Gasteiger partial charge on any atom is 0.127 e. The molecule has 0 spiro atoms. The second-order valence-electron chi connectivity index (χ2n) is 4.47. The Bertz CT molecular complexity index is 605. The maximum absolute atomic E-state index is 6.29. The number of nitrogens with zero attached hydrogens (tertiary/aromatic N) is 1. The molecule has 1 N–H and O–H groups in total. The zero-order valence-corrected chi connectivity index (χ0v) is 13.1. The van der Waals surface area contributed by atoms with Crippen LogP contribution in [0.25, 0.3) is 0 Å². The van der Waals surface area contributed by atoms with Crippen LogP contribution in [0, 0.1) is 0 Å². The summed E-state index contributed by atoms with van der Waals surface area (Å²) in [5.41, 5.74) is 1.75. The van der Waals surface area contributed by atoms with Crippen LogP contribution in [0.2, 0.25) is 5.02 Å². The van der Waals surface area contributed by atoms with Crippen LogP contribution in [0.1, 0.15) is 24.2 Å². The highest BCUT2D eigenvalue weighted by Crippen LogP contribution is 2.34. The summed E-state index contributed by atoms with van der Waals surface area (Å²) in [5, 5.41) is 4.03. The van der Waals surface area contributed by atoms with Gasteiger partial charge in [-0.1, -0.05) is 18.5 Å². The molecular weight excluding hydrogens is 288 g/mol. The minimum absolute atomic E-state index is 0.135. The van der Waals surface area contributed by atoms with Gasteiger partial charge in [0.15, 0.2) is 0 Å². The first-order valence-corrected chi connectivity index (χ1v) is 7.14. The van der Waals surface area contributed by atoms with Crippen LogP contribution in [0.4, 0.5) is 0 Å². The molecule has 2 rings (SSSR count). The lowest BCUT2D eigenvalue weighted by Crippen LogP contribution is -2.23. The number of hydrogen-bond acceptors (Lipinski definition) is 4. The number of ether oxygens (including phenoxy) is 2. The van der Waals surface area contributed by atoms with Gasteiger partial charge in [0, 0.05) is 17.8 Å². The van der Waals surface area contributed by atoms with E-state index >= 15 is 0 Å². The van der Waals surface area contributed by atoms with Crippen LogP contribution in [-0.4, -0.2) is 25.7 Å². The number of nitrogens with one attached hydrogen (secondary N) is 1. The molecule has 0 aliphatic heterocycles. The minimum atomic E-state index is -0.135. The van der Waals surface area contributed by atoms with Crippen LogP contribution in [0.15, 0.2) is 36.5 Å². The minimum Gasteiger partial charge on any atom is -0.497 e. The Morgan fingerprint density at radius 3 is 2.67 bits per heavy atom. The van der Waals surface area contributed by atoms with Crippen molar-refractivity contribution in [2.24, 2.45) is 0 Å². The Kier molecular flexibility index (Phi) is 5.42. The summed E-state index contributed by atoms with van der Waals surface area (Å²) in [7, 11) is 3.27. The molecule has 1 aromatic heterocycles. The van der Waals surface area contributed by atoms with E-state index in [4.69, 9.17) is 21.1 Å². The van der Waals surface area contributed by atoms with Gasteiger partial charge in [-0.15, -0.1) is 0 Å². The lowest BCUT2D eigenvalue weighted by molar-refractivity contribution is 0.387. The van der Waals surface area contributed by atoms with Gasteiger partial charge in [-0.2, -0.15) is 0 Å². The van der Waals surface area contributed by atoms with E-state index in [1.807, 2.05) is 37.3 Å². The van der Waals surface area contributed by atoms with Crippen LogP contribution in [0.5, 0.6) is 11.5 Å². The quantitative estimate of drug-likeness (QED) is 0.887. The van der Waals surface area contributed by atoms with Gasteiger partial charge in [0.25, 0.3) is 0 Å². The summed E-state index contributed by atoms with van der Waals surface area (Å²) in [4.78, 5) is 4.41. The van der Waals surface area contributed by atoms with Crippen molar-refractivity contribution in [1.29, 1.82) is 0 Å². The van der Waals surface area contributed by atoms with E-state index in [1.165, 1.54) is 0 Å². The highest BCUT2D eigenvalue weighted by atomic mass is 35.5. The molecule has 0 aliphatic carbocycles. The molecule has 0 aliphatic rings. The van der Waals surface area contributed by atoms with Gasteiger partial charge in [-0.3, -0.25) is 4.98 Å². The molecule has 0 saturated carbocycles. The highest BCUT2D eigenvalue weighted by Gasteiger charge is 2.21. The summed E-state index contributed by atoms with van der Waals surface area (Å²) in [6.45, 7) is 2.83. The number of benzene rings is 1. The molecule has 21 heavy (non-hydrogen) atoms. The average Bonchev–Trinajstić information content (AvgIpc) is 2.53. The van der Waals surface area contributed by atoms with Gasteiger partial charge < -0.3 is 14.8 Å². The number of pyridine rings is 1. The van der Waals surface area contributed by atoms with Crippen molar-refractivity contribution in [3.63, 3.8) is 0 Å². The molecule has 1 aromatic carbocycles. The molecule has 0 fully saturated rings. The first kappa shape index (κ1) is 15.6. The second kappa shape index (κ2) is 7.29. The Morgan fingerprint density at radius 1 is 1.24 bits per heavy atom. The third kappa shape index (κ3) is 3.46. The number of methoxy groups -OCH3 is 2. The zero-order valence-electron chi connectivity index (χ0n) is 12.4. The maximum atomic E-state index is 6.29. The predicted molar refractivity (Wildman–Crippen MR) is 84.3 cm³/mol. The monoisotopic (exact) mass is 306 g/mol. The number of aromatic nitrogens is 1. The van der Waals surface area contributed by atoms with Gasteiger partial charge >= 0.3 is 0 Å². The average molecular weight is 307 g/mol. The number of rotatable bonds is 6. The molecule has 5 heteroatoms. The van der Waals surface area contributed by atoms with Crippen LogP contribution in [0.3, 0.4) is 0 Å². The second-order valence-corrected chi connectivity index (χ2v) is 4.88. The Hall–Kier alpha value is -1.78. The standard InChI is InChI=1S/C16H19ClN2O2/c1-4-18-15(16-13(17)6-5-9-19-16)12-8-7-11(20-2)10-14(12)21-3/h5-10,15,18H,4H2,1-3H3. The van der Waals surface area contributed by atoms with Crippen molar-refractivity contribution in [3.05, 3.63) is 52.8 Å². The summed E-state index contributed by atoms with van der Waals surface area (Å²) >= 11 is 6.29.